The van der Waals surface area contributed by atoms with Crippen molar-refractivity contribution in [2.45, 2.75) is 0 Å². The van der Waals surface area contributed by atoms with Gasteiger partial charge in [-0.2, -0.15) is 0 Å². The minimum absolute atomic E-state index is 0.0625. The van der Waals surface area contributed by atoms with Gasteiger partial charge in [0, 0.05) is 20.2 Å². The molecule has 0 aliphatic rings. The maximum atomic E-state index is 8.95. The van der Waals surface area contributed by atoms with E-state index in [9.17, 15) is 0 Å². The van der Waals surface area contributed by atoms with Crippen molar-refractivity contribution in [3.8, 4) is 0 Å². The molecule has 0 saturated carbocycles. The van der Waals surface area contributed by atoms with E-state index in [0.29, 0.717) is 0 Å². The third-order valence-corrected chi connectivity index (χ3v) is 3.55. The van der Waals surface area contributed by atoms with Crippen LogP contribution in [-0.2, 0) is 14.3 Å². The summed E-state index contributed by atoms with van der Waals surface area (Å²) in [7, 11) is 0. The lowest BCUT2D eigenvalue weighted by atomic mass is 10.2. The van der Waals surface area contributed by atoms with Crippen LogP contribution < -0.4 is 0 Å². The molecule has 0 fully saturated rings. The summed E-state index contributed by atoms with van der Waals surface area (Å²) in [5.41, 5.74) is 0. The Labute approximate surface area is 108 Å². The first-order valence-corrected chi connectivity index (χ1v) is 6.07. The summed E-state index contributed by atoms with van der Waals surface area (Å²) in [6.07, 6.45) is 0. The minimum atomic E-state index is 0.0625. The van der Waals surface area contributed by atoms with Crippen LogP contribution in [0.2, 0.25) is 0 Å². The number of benzene rings is 2. The molecule has 0 atom stereocenters. The smallest absolute Gasteiger partial charge is 0.300 e. The molecule has 0 aliphatic carbocycles. The van der Waals surface area contributed by atoms with E-state index in [1.54, 1.807) is 0 Å². The van der Waals surface area contributed by atoms with Crippen molar-refractivity contribution >= 4 is 44.5 Å². The molecule has 0 amide bonds. The van der Waals surface area contributed by atoms with Crippen LogP contribution in [0.25, 0.3) is 20.2 Å². The second-order valence-corrected chi connectivity index (χ2v) is 4.51. The van der Waals surface area contributed by atoms with E-state index in [1.165, 1.54) is 20.2 Å². The molecule has 1 heterocycles. The average molecular weight is 258 g/mol. The standard InChI is InChI=1S/C12H8S.C2H2O3/c1-3-7-11-9(5-1)10-6-2-4-8-12(10)13-11;3-1-5-2-4/h1-8H;1-2H. The summed E-state index contributed by atoms with van der Waals surface area (Å²) in [4.78, 5) is 17.9. The molecule has 3 rings (SSSR count). The largest absolute Gasteiger partial charge is 0.398 e. The van der Waals surface area contributed by atoms with Gasteiger partial charge in [0.2, 0.25) is 0 Å². The molecule has 1 aromatic heterocycles. The van der Waals surface area contributed by atoms with Crippen LogP contribution >= 0.6 is 11.3 Å². The van der Waals surface area contributed by atoms with Gasteiger partial charge in [-0.3, -0.25) is 9.59 Å². The second-order valence-electron chi connectivity index (χ2n) is 3.42. The lowest BCUT2D eigenvalue weighted by Gasteiger charge is -1.88. The first kappa shape index (κ1) is 12.3. The zero-order chi connectivity index (χ0) is 12.8. The summed E-state index contributed by atoms with van der Waals surface area (Å²) in [6.45, 7) is 0.125. The van der Waals surface area contributed by atoms with Crippen molar-refractivity contribution in [3.05, 3.63) is 48.5 Å². The number of ether oxygens (including phenoxy) is 1. The summed E-state index contributed by atoms with van der Waals surface area (Å²) in [5.74, 6) is 0. The first-order chi connectivity index (χ1) is 8.86. The lowest BCUT2D eigenvalue weighted by molar-refractivity contribution is -0.141. The van der Waals surface area contributed by atoms with Gasteiger partial charge in [-0.15, -0.1) is 11.3 Å². The Morgan fingerprint density at radius 2 is 1.22 bits per heavy atom. The summed E-state index contributed by atoms with van der Waals surface area (Å²) < 4.78 is 6.23. The van der Waals surface area contributed by atoms with Crippen molar-refractivity contribution in [3.63, 3.8) is 0 Å². The zero-order valence-corrected chi connectivity index (χ0v) is 10.2. The van der Waals surface area contributed by atoms with Crippen LogP contribution in [-0.4, -0.2) is 12.9 Å². The molecule has 0 aliphatic heterocycles. The second kappa shape index (κ2) is 5.93. The normalized spacial score (nSPS) is 9.56. The van der Waals surface area contributed by atoms with Crippen LogP contribution in [0.1, 0.15) is 0 Å². The van der Waals surface area contributed by atoms with Crippen LogP contribution in [0.3, 0.4) is 0 Å². The molecule has 3 aromatic rings. The quantitative estimate of drug-likeness (QED) is 0.523. The van der Waals surface area contributed by atoms with E-state index in [1.807, 2.05) is 11.3 Å². The van der Waals surface area contributed by atoms with Gasteiger partial charge in [0.1, 0.15) is 0 Å². The molecule has 0 saturated heterocycles. The van der Waals surface area contributed by atoms with Gasteiger partial charge in [0.05, 0.1) is 0 Å². The van der Waals surface area contributed by atoms with E-state index in [2.05, 4.69) is 53.3 Å². The summed E-state index contributed by atoms with van der Waals surface area (Å²) >= 11 is 1.86. The molecule has 0 unspecified atom stereocenters. The van der Waals surface area contributed by atoms with E-state index < -0.39 is 0 Å². The Bertz CT molecular complexity index is 616. The maximum Gasteiger partial charge on any atom is 0.300 e. The molecule has 0 N–H and O–H groups in total. The number of hydrogen-bond donors (Lipinski definition) is 0. The molecule has 0 bridgehead atoms. The van der Waals surface area contributed by atoms with Gasteiger partial charge in [-0.05, 0) is 12.1 Å². The Kier molecular flexibility index (Phi) is 4.04. The highest BCUT2D eigenvalue weighted by atomic mass is 32.1. The van der Waals surface area contributed by atoms with Crippen LogP contribution in [0, 0.1) is 0 Å². The van der Waals surface area contributed by atoms with Crippen molar-refractivity contribution in [2.75, 3.05) is 0 Å². The number of carbonyl (C=O) groups is 2. The van der Waals surface area contributed by atoms with E-state index in [-0.39, 0.29) is 12.9 Å². The number of carbonyl (C=O) groups excluding carboxylic acids is 2. The van der Waals surface area contributed by atoms with Gasteiger partial charge < -0.3 is 4.74 Å². The van der Waals surface area contributed by atoms with Crippen molar-refractivity contribution < 1.29 is 14.3 Å². The van der Waals surface area contributed by atoms with Gasteiger partial charge in [0.15, 0.2) is 0 Å². The molecule has 0 radical (unpaired) electrons. The van der Waals surface area contributed by atoms with Gasteiger partial charge in [0.25, 0.3) is 0 Å². The predicted molar refractivity (Wildman–Crippen MR) is 72.5 cm³/mol. The molecule has 4 heteroatoms. The number of hydrogen-bond acceptors (Lipinski definition) is 4. The molecular weight excluding hydrogens is 248 g/mol. The van der Waals surface area contributed by atoms with Crippen molar-refractivity contribution in [2.24, 2.45) is 0 Å². The average Bonchev–Trinajstić information content (AvgIpc) is 2.79. The third kappa shape index (κ3) is 2.55. The Hall–Kier alpha value is -2.20. The molecule has 18 heavy (non-hydrogen) atoms. The number of fused-ring (bicyclic) bond motifs is 3. The van der Waals surface area contributed by atoms with Crippen molar-refractivity contribution in [1.82, 2.24) is 0 Å². The van der Waals surface area contributed by atoms with Gasteiger partial charge in [-0.25, -0.2) is 0 Å². The Balaban J connectivity index is 0.000000209. The molecule has 2 aromatic carbocycles. The summed E-state index contributed by atoms with van der Waals surface area (Å²) in [6, 6.07) is 17.1. The van der Waals surface area contributed by atoms with Crippen LogP contribution in [0.4, 0.5) is 0 Å². The number of rotatable bonds is 2. The molecular formula is C14H10O3S. The fraction of sp³-hybridized carbons (Fsp3) is 0. The molecule has 3 nitrogen and oxygen atoms in total. The Morgan fingerprint density at radius 3 is 1.61 bits per heavy atom. The topological polar surface area (TPSA) is 43.4 Å². The third-order valence-electron chi connectivity index (χ3n) is 2.40. The van der Waals surface area contributed by atoms with Crippen LogP contribution in [0.5, 0.6) is 0 Å². The monoisotopic (exact) mass is 258 g/mol. The zero-order valence-electron chi connectivity index (χ0n) is 9.41. The number of thiophene rings is 1. The predicted octanol–water partition coefficient (Wildman–Crippen LogP) is 3.37. The lowest BCUT2D eigenvalue weighted by Crippen LogP contribution is -1.77. The molecule has 90 valence electrons. The van der Waals surface area contributed by atoms with E-state index in [0.717, 1.165) is 0 Å². The van der Waals surface area contributed by atoms with Crippen molar-refractivity contribution in [1.29, 1.82) is 0 Å². The highest BCUT2D eigenvalue weighted by Crippen LogP contribution is 2.32. The SMILES string of the molecule is O=COC=O.c1ccc2c(c1)sc1ccccc12. The fourth-order valence-corrected chi connectivity index (χ4v) is 2.80. The molecule has 0 spiro atoms. The van der Waals surface area contributed by atoms with Gasteiger partial charge >= 0.3 is 12.9 Å². The van der Waals surface area contributed by atoms with E-state index in [4.69, 9.17) is 9.59 Å². The minimum Gasteiger partial charge on any atom is -0.398 e. The maximum absolute atomic E-state index is 8.95. The van der Waals surface area contributed by atoms with Gasteiger partial charge in [-0.1, -0.05) is 36.4 Å². The summed E-state index contributed by atoms with van der Waals surface area (Å²) in [5, 5.41) is 2.76. The highest BCUT2D eigenvalue weighted by molar-refractivity contribution is 7.25. The first-order valence-electron chi connectivity index (χ1n) is 5.26. The fourth-order valence-electron chi connectivity index (χ4n) is 1.70. The highest BCUT2D eigenvalue weighted by Gasteiger charge is 2.01. The Morgan fingerprint density at radius 1 is 0.778 bits per heavy atom. The van der Waals surface area contributed by atoms with Crippen LogP contribution in [0.15, 0.2) is 48.5 Å². The van der Waals surface area contributed by atoms with E-state index >= 15 is 0 Å².